The van der Waals surface area contributed by atoms with E-state index in [0.29, 0.717) is 11.6 Å². The first-order valence-electron chi connectivity index (χ1n) is 13.3. The topological polar surface area (TPSA) is 125 Å². The predicted molar refractivity (Wildman–Crippen MR) is 157 cm³/mol. The van der Waals surface area contributed by atoms with Gasteiger partial charge in [0.05, 0.1) is 5.25 Å². The molecule has 0 bridgehead atoms. The minimum Gasteiger partial charge on any atom is -0.344 e. The Hall–Kier alpha value is -2.88. The van der Waals surface area contributed by atoms with E-state index in [1.807, 2.05) is 38.1 Å². The molecule has 1 fully saturated rings. The van der Waals surface area contributed by atoms with Crippen LogP contribution >= 0.6 is 11.8 Å². The van der Waals surface area contributed by atoms with Gasteiger partial charge >= 0.3 is 0 Å². The van der Waals surface area contributed by atoms with Crippen LogP contribution in [0.5, 0.6) is 0 Å². The fourth-order valence-electron chi connectivity index (χ4n) is 4.13. The number of imide groups is 1. The molecular formula is C28H48N4O5S. The van der Waals surface area contributed by atoms with Crippen LogP contribution in [0, 0.1) is 11.8 Å². The first-order valence-corrected chi connectivity index (χ1v) is 14.2. The summed E-state index contributed by atoms with van der Waals surface area (Å²) in [5, 5.41) is 7.96. The molecule has 1 aliphatic rings. The van der Waals surface area contributed by atoms with Crippen molar-refractivity contribution in [2.45, 2.75) is 90.3 Å². The van der Waals surface area contributed by atoms with Crippen molar-refractivity contribution in [2.24, 2.45) is 11.8 Å². The van der Waals surface area contributed by atoms with Gasteiger partial charge in [0.15, 0.2) is 0 Å². The number of hydrogen-bond acceptors (Lipinski definition) is 6. The highest BCUT2D eigenvalue weighted by Gasteiger charge is 2.39. The van der Waals surface area contributed by atoms with Crippen LogP contribution in [-0.2, 0) is 30.4 Å². The van der Waals surface area contributed by atoms with Crippen molar-refractivity contribution in [3.8, 4) is 0 Å². The molecule has 0 aromatic heterocycles. The number of carbonyl (C=O) groups is 5. The molecule has 2 rings (SSSR count). The number of nitrogens with zero attached hydrogens (tertiary/aromatic N) is 1. The van der Waals surface area contributed by atoms with Gasteiger partial charge < -0.3 is 16.0 Å². The van der Waals surface area contributed by atoms with Crippen molar-refractivity contribution in [2.75, 3.05) is 11.9 Å². The van der Waals surface area contributed by atoms with Crippen molar-refractivity contribution in [3.05, 3.63) is 29.8 Å². The highest BCUT2D eigenvalue weighted by Crippen LogP contribution is 2.28. The number of thioether (sulfide) groups is 1. The number of likely N-dealkylation sites (tertiary alicyclic amines) is 1. The van der Waals surface area contributed by atoms with E-state index in [0.717, 1.165) is 11.3 Å². The van der Waals surface area contributed by atoms with Gasteiger partial charge in [-0.2, -0.15) is 0 Å². The first kappa shape index (κ1) is 31.3. The van der Waals surface area contributed by atoms with E-state index in [9.17, 15) is 24.0 Å². The van der Waals surface area contributed by atoms with Crippen molar-refractivity contribution in [3.63, 3.8) is 0 Å². The van der Waals surface area contributed by atoms with E-state index in [2.05, 4.69) is 29.8 Å². The van der Waals surface area contributed by atoms with Crippen LogP contribution < -0.4 is 16.0 Å². The summed E-state index contributed by atoms with van der Waals surface area (Å²) >= 11 is 1.44. The average Bonchev–Trinajstić information content (AvgIpc) is 3.08. The Kier molecular flexibility index (Phi) is 11.8. The lowest BCUT2D eigenvalue weighted by molar-refractivity contribution is -0.139. The molecule has 0 saturated carbocycles. The van der Waals surface area contributed by atoms with E-state index < -0.39 is 29.1 Å². The van der Waals surface area contributed by atoms with Gasteiger partial charge in [-0.1, -0.05) is 53.7 Å². The summed E-state index contributed by atoms with van der Waals surface area (Å²) in [5.41, 5.74) is 1.82. The molecule has 2 unspecified atom stereocenters. The van der Waals surface area contributed by atoms with Crippen molar-refractivity contribution in [1.82, 2.24) is 15.5 Å². The molecule has 0 aliphatic carbocycles. The number of anilines is 1. The van der Waals surface area contributed by atoms with Crippen LogP contribution in [0.4, 0.5) is 5.69 Å². The summed E-state index contributed by atoms with van der Waals surface area (Å²) in [5.74, 6) is -1.56. The van der Waals surface area contributed by atoms with E-state index in [-0.39, 0.29) is 52.6 Å². The maximum atomic E-state index is 12.9. The summed E-state index contributed by atoms with van der Waals surface area (Å²) < 4.78 is 0. The molecule has 216 valence electrons. The van der Waals surface area contributed by atoms with Crippen molar-refractivity contribution < 1.29 is 28.3 Å². The highest BCUT2D eigenvalue weighted by molar-refractivity contribution is 8.01. The molecule has 3 atom stereocenters. The lowest BCUT2D eigenvalue weighted by Crippen LogP contribution is -2.54. The standard InChI is InChI=1S/C28H42N4O5S.3H2/c1-16(2)14-20-8-10-21(11-9-20)30-26(35)19(7)29-27(36)25(17(3)4)31-23(33)12-13-32-24(34)15-22(28(32)37)38-18(5)6;;;/h8-11,16-19,22,25H,12-15H2,1-7H3,(H,29,36)(H,30,35)(H,31,33);3*1H/t19-,22?,25?;;;/m0.../s1. The molecule has 1 aromatic carbocycles. The van der Waals surface area contributed by atoms with Crippen LogP contribution in [0.1, 0.15) is 71.2 Å². The zero-order valence-corrected chi connectivity index (χ0v) is 24.3. The van der Waals surface area contributed by atoms with Crippen LogP contribution in [0.25, 0.3) is 0 Å². The largest absolute Gasteiger partial charge is 0.344 e. The third-order valence-corrected chi connectivity index (χ3v) is 7.33. The molecular weight excluding hydrogens is 504 g/mol. The predicted octanol–water partition coefficient (Wildman–Crippen LogP) is 3.87. The lowest BCUT2D eigenvalue weighted by Gasteiger charge is -2.24. The molecule has 0 spiro atoms. The number of amides is 5. The zero-order valence-electron chi connectivity index (χ0n) is 23.5. The smallest absolute Gasteiger partial charge is 0.246 e. The SMILES string of the molecule is CC(C)Cc1ccc(NC(=O)[C@H](C)NC(=O)C(NC(=O)CCN2C(=O)CC(SC(C)C)C2=O)C(C)C)cc1.[HH].[HH].[HH]. The molecule has 1 aromatic rings. The third kappa shape index (κ3) is 9.45. The number of benzene rings is 1. The molecule has 10 heteroatoms. The molecule has 0 radical (unpaired) electrons. The normalized spacial score (nSPS) is 17.2. The monoisotopic (exact) mass is 552 g/mol. The van der Waals surface area contributed by atoms with Gasteiger partial charge in [0, 0.05) is 29.4 Å². The minimum absolute atomic E-state index is 0. The van der Waals surface area contributed by atoms with E-state index in [1.54, 1.807) is 20.8 Å². The molecule has 1 saturated heterocycles. The number of carbonyl (C=O) groups excluding carboxylic acids is 5. The third-order valence-electron chi connectivity index (χ3n) is 6.08. The maximum absolute atomic E-state index is 12.9. The summed E-state index contributed by atoms with van der Waals surface area (Å²) in [6.45, 7) is 13.3. The van der Waals surface area contributed by atoms with Crippen LogP contribution in [0.3, 0.4) is 0 Å². The zero-order chi connectivity index (χ0) is 28.6. The van der Waals surface area contributed by atoms with Crippen LogP contribution in [-0.4, -0.2) is 63.6 Å². The second-order valence-electron chi connectivity index (χ2n) is 10.8. The summed E-state index contributed by atoms with van der Waals surface area (Å²) in [4.78, 5) is 64.1. The van der Waals surface area contributed by atoms with Gasteiger partial charge in [-0.15, -0.1) is 11.8 Å². The average molecular weight is 553 g/mol. The lowest BCUT2D eigenvalue weighted by atomic mass is 10.0. The molecule has 1 aliphatic heterocycles. The summed E-state index contributed by atoms with van der Waals surface area (Å²) in [7, 11) is 0. The molecule has 38 heavy (non-hydrogen) atoms. The van der Waals surface area contributed by atoms with Gasteiger partial charge in [-0.25, -0.2) is 0 Å². The second kappa shape index (κ2) is 14.3. The van der Waals surface area contributed by atoms with Crippen molar-refractivity contribution in [1.29, 1.82) is 0 Å². The first-order chi connectivity index (χ1) is 17.8. The Morgan fingerprint density at radius 3 is 2.16 bits per heavy atom. The summed E-state index contributed by atoms with van der Waals surface area (Å²) in [6.07, 6.45) is 0.990. The maximum Gasteiger partial charge on any atom is 0.246 e. The Balaban J connectivity index is 0. The van der Waals surface area contributed by atoms with Gasteiger partial charge in [-0.3, -0.25) is 28.9 Å². The van der Waals surface area contributed by atoms with Gasteiger partial charge in [0.25, 0.3) is 0 Å². The summed E-state index contributed by atoms with van der Waals surface area (Å²) in [6, 6.07) is 5.90. The fraction of sp³-hybridized carbons (Fsp3) is 0.607. The fourth-order valence-corrected chi connectivity index (χ4v) is 5.27. The molecule has 1 heterocycles. The van der Waals surface area contributed by atoms with E-state index >= 15 is 0 Å². The second-order valence-corrected chi connectivity index (χ2v) is 12.6. The Bertz CT molecular complexity index is 1020. The van der Waals surface area contributed by atoms with Gasteiger partial charge in [-0.05, 0) is 48.1 Å². The van der Waals surface area contributed by atoms with Crippen molar-refractivity contribution >= 4 is 47.0 Å². The molecule has 5 amide bonds. The highest BCUT2D eigenvalue weighted by atomic mass is 32.2. The Morgan fingerprint density at radius 2 is 1.61 bits per heavy atom. The number of hydrogen-bond donors (Lipinski definition) is 3. The number of nitrogens with one attached hydrogen (secondary N) is 3. The van der Waals surface area contributed by atoms with Crippen LogP contribution in [0.15, 0.2) is 24.3 Å². The molecule has 9 nitrogen and oxygen atoms in total. The Labute approximate surface area is 234 Å². The quantitative estimate of drug-likeness (QED) is 0.319. The van der Waals surface area contributed by atoms with E-state index in [4.69, 9.17) is 0 Å². The van der Waals surface area contributed by atoms with E-state index in [1.165, 1.54) is 17.3 Å². The Morgan fingerprint density at radius 1 is 0.974 bits per heavy atom. The van der Waals surface area contributed by atoms with Gasteiger partial charge in [0.1, 0.15) is 12.1 Å². The molecule has 3 N–H and O–H groups in total. The van der Waals surface area contributed by atoms with Crippen LogP contribution in [0.2, 0.25) is 0 Å². The minimum atomic E-state index is -0.873. The number of rotatable bonds is 13. The van der Waals surface area contributed by atoms with Gasteiger partial charge in [0.2, 0.25) is 29.5 Å².